The van der Waals surface area contributed by atoms with Crippen molar-refractivity contribution >= 4 is 11.6 Å². The quantitative estimate of drug-likeness (QED) is 0.729. The molecular formula is C11H14ClN. The molecule has 1 nitrogen and oxygen atoms in total. The van der Waals surface area contributed by atoms with E-state index in [0.717, 1.165) is 13.1 Å². The number of halogens is 1. The van der Waals surface area contributed by atoms with Gasteiger partial charge in [0.1, 0.15) is 0 Å². The molecule has 0 aliphatic rings. The lowest BCUT2D eigenvalue weighted by Gasteiger charge is -2.04. The van der Waals surface area contributed by atoms with E-state index >= 15 is 0 Å². The standard InChI is InChI=1S/C11H14ClN/c1-10-5-2-3-6-11(10)9-13-8-4-7-12/h2-7,13H,8-9H2,1H3/b7-4+. The van der Waals surface area contributed by atoms with E-state index in [1.807, 2.05) is 6.08 Å². The van der Waals surface area contributed by atoms with Crippen molar-refractivity contribution in [2.75, 3.05) is 6.54 Å². The average Bonchev–Trinajstić information content (AvgIpc) is 2.15. The minimum absolute atomic E-state index is 0.817. The number of hydrogen-bond acceptors (Lipinski definition) is 1. The van der Waals surface area contributed by atoms with Crippen molar-refractivity contribution < 1.29 is 0 Å². The van der Waals surface area contributed by atoms with Gasteiger partial charge in [0.05, 0.1) is 0 Å². The lowest BCUT2D eigenvalue weighted by molar-refractivity contribution is 0.756. The SMILES string of the molecule is Cc1ccccc1CNC/C=C/Cl. The molecule has 1 rings (SSSR count). The third-order valence-electron chi connectivity index (χ3n) is 1.93. The highest BCUT2D eigenvalue weighted by Crippen LogP contribution is 2.05. The van der Waals surface area contributed by atoms with Crippen molar-refractivity contribution in [2.24, 2.45) is 0 Å². The van der Waals surface area contributed by atoms with Crippen LogP contribution < -0.4 is 5.32 Å². The van der Waals surface area contributed by atoms with Crippen molar-refractivity contribution in [3.05, 3.63) is 47.0 Å². The monoisotopic (exact) mass is 195 g/mol. The smallest absolute Gasteiger partial charge is 0.0211 e. The van der Waals surface area contributed by atoms with Gasteiger partial charge in [-0.15, -0.1) is 0 Å². The Balaban J connectivity index is 2.41. The van der Waals surface area contributed by atoms with Crippen LogP contribution in [0.3, 0.4) is 0 Å². The molecule has 0 radical (unpaired) electrons. The maximum Gasteiger partial charge on any atom is 0.0211 e. The summed E-state index contributed by atoms with van der Waals surface area (Å²) in [5.41, 5.74) is 4.19. The van der Waals surface area contributed by atoms with Crippen LogP contribution in [0, 0.1) is 6.92 Å². The fourth-order valence-corrected chi connectivity index (χ4v) is 1.23. The van der Waals surface area contributed by atoms with Crippen molar-refractivity contribution in [1.82, 2.24) is 5.32 Å². The van der Waals surface area contributed by atoms with Crippen LogP contribution in [0.15, 0.2) is 35.9 Å². The molecule has 13 heavy (non-hydrogen) atoms. The highest BCUT2D eigenvalue weighted by atomic mass is 35.5. The van der Waals surface area contributed by atoms with Crippen LogP contribution >= 0.6 is 11.6 Å². The molecule has 0 saturated heterocycles. The highest BCUT2D eigenvalue weighted by Gasteiger charge is 1.93. The Morgan fingerprint density at radius 2 is 2.15 bits per heavy atom. The van der Waals surface area contributed by atoms with Crippen LogP contribution in [0.4, 0.5) is 0 Å². The summed E-state index contributed by atoms with van der Waals surface area (Å²) in [6.07, 6.45) is 1.89. The van der Waals surface area contributed by atoms with Crippen molar-refractivity contribution in [3.63, 3.8) is 0 Å². The average molecular weight is 196 g/mol. The Labute approximate surface area is 84.4 Å². The number of benzene rings is 1. The Morgan fingerprint density at radius 3 is 2.85 bits per heavy atom. The van der Waals surface area contributed by atoms with Gasteiger partial charge in [-0.1, -0.05) is 41.9 Å². The fourth-order valence-electron chi connectivity index (χ4n) is 1.14. The highest BCUT2D eigenvalue weighted by molar-refractivity contribution is 6.25. The summed E-state index contributed by atoms with van der Waals surface area (Å²) >= 11 is 5.39. The number of hydrogen-bond donors (Lipinski definition) is 1. The predicted molar refractivity (Wildman–Crippen MR) is 57.9 cm³/mol. The molecule has 70 valence electrons. The van der Waals surface area contributed by atoms with Gasteiger partial charge in [0, 0.05) is 18.6 Å². The zero-order valence-corrected chi connectivity index (χ0v) is 8.51. The molecule has 1 aromatic carbocycles. The van der Waals surface area contributed by atoms with Crippen LogP contribution in [-0.2, 0) is 6.54 Å². The molecule has 0 aromatic heterocycles. The summed E-state index contributed by atoms with van der Waals surface area (Å²) in [5.74, 6) is 0. The third-order valence-corrected chi connectivity index (χ3v) is 2.11. The lowest BCUT2D eigenvalue weighted by atomic mass is 10.1. The first-order valence-corrected chi connectivity index (χ1v) is 4.78. The van der Waals surface area contributed by atoms with Crippen LogP contribution in [0.1, 0.15) is 11.1 Å². The van der Waals surface area contributed by atoms with E-state index in [-0.39, 0.29) is 0 Å². The molecule has 1 N–H and O–H groups in total. The topological polar surface area (TPSA) is 12.0 Å². The van der Waals surface area contributed by atoms with Gasteiger partial charge in [0.25, 0.3) is 0 Å². The summed E-state index contributed by atoms with van der Waals surface area (Å²) in [6, 6.07) is 8.36. The van der Waals surface area contributed by atoms with E-state index in [9.17, 15) is 0 Å². The molecule has 0 spiro atoms. The summed E-state index contributed by atoms with van der Waals surface area (Å²) in [7, 11) is 0. The molecule has 0 aliphatic heterocycles. The van der Waals surface area contributed by atoms with Gasteiger partial charge >= 0.3 is 0 Å². The molecule has 0 amide bonds. The van der Waals surface area contributed by atoms with Crippen LogP contribution in [0.2, 0.25) is 0 Å². The van der Waals surface area contributed by atoms with E-state index in [0.29, 0.717) is 0 Å². The zero-order chi connectivity index (χ0) is 9.52. The van der Waals surface area contributed by atoms with Gasteiger partial charge in [0.15, 0.2) is 0 Å². The number of nitrogens with one attached hydrogen (secondary N) is 1. The summed E-state index contributed by atoms with van der Waals surface area (Å²) < 4.78 is 0. The minimum atomic E-state index is 0.817. The second kappa shape index (κ2) is 5.79. The van der Waals surface area contributed by atoms with E-state index in [1.54, 1.807) is 0 Å². The lowest BCUT2D eigenvalue weighted by Crippen LogP contribution is -2.13. The Kier molecular flexibility index (Phi) is 4.58. The van der Waals surface area contributed by atoms with Crippen molar-refractivity contribution in [2.45, 2.75) is 13.5 Å². The molecule has 1 aromatic rings. The largest absolute Gasteiger partial charge is 0.309 e. The van der Waals surface area contributed by atoms with Gasteiger partial charge in [0.2, 0.25) is 0 Å². The van der Waals surface area contributed by atoms with Gasteiger partial charge in [-0.25, -0.2) is 0 Å². The van der Waals surface area contributed by atoms with Gasteiger partial charge in [-0.05, 0) is 18.1 Å². The first-order valence-electron chi connectivity index (χ1n) is 4.35. The molecule has 0 bridgehead atoms. The Hall–Kier alpha value is -0.790. The molecule has 0 atom stereocenters. The van der Waals surface area contributed by atoms with Gasteiger partial charge < -0.3 is 5.32 Å². The summed E-state index contributed by atoms with van der Waals surface area (Å²) in [4.78, 5) is 0. The second-order valence-corrected chi connectivity index (χ2v) is 3.17. The minimum Gasteiger partial charge on any atom is -0.309 e. The first-order chi connectivity index (χ1) is 6.34. The van der Waals surface area contributed by atoms with Crippen LogP contribution in [0.25, 0.3) is 0 Å². The second-order valence-electron chi connectivity index (χ2n) is 2.92. The van der Waals surface area contributed by atoms with Gasteiger partial charge in [-0.3, -0.25) is 0 Å². The molecular weight excluding hydrogens is 182 g/mol. The number of rotatable bonds is 4. The van der Waals surface area contributed by atoms with E-state index in [4.69, 9.17) is 11.6 Å². The normalized spacial score (nSPS) is 10.9. The van der Waals surface area contributed by atoms with E-state index in [2.05, 4.69) is 36.5 Å². The van der Waals surface area contributed by atoms with E-state index < -0.39 is 0 Å². The summed E-state index contributed by atoms with van der Waals surface area (Å²) in [6.45, 7) is 3.83. The third kappa shape index (κ3) is 3.62. The van der Waals surface area contributed by atoms with Crippen molar-refractivity contribution in [1.29, 1.82) is 0 Å². The zero-order valence-electron chi connectivity index (χ0n) is 7.76. The number of aryl methyl sites for hydroxylation is 1. The molecule has 0 aliphatic carbocycles. The fraction of sp³-hybridized carbons (Fsp3) is 0.273. The molecule has 0 unspecified atom stereocenters. The Morgan fingerprint density at radius 1 is 1.38 bits per heavy atom. The molecule has 2 heteroatoms. The molecule has 0 saturated carbocycles. The molecule has 0 heterocycles. The molecule has 0 fully saturated rings. The maximum atomic E-state index is 5.39. The summed E-state index contributed by atoms with van der Waals surface area (Å²) in [5, 5.41) is 3.27. The maximum absolute atomic E-state index is 5.39. The van der Waals surface area contributed by atoms with Crippen molar-refractivity contribution in [3.8, 4) is 0 Å². The Bertz CT molecular complexity index is 281. The van der Waals surface area contributed by atoms with Crippen LogP contribution in [-0.4, -0.2) is 6.54 Å². The van der Waals surface area contributed by atoms with E-state index in [1.165, 1.54) is 16.7 Å². The predicted octanol–water partition coefficient (Wildman–Crippen LogP) is 2.84. The van der Waals surface area contributed by atoms with Gasteiger partial charge in [-0.2, -0.15) is 0 Å². The van der Waals surface area contributed by atoms with Crippen LogP contribution in [0.5, 0.6) is 0 Å². The first kappa shape index (κ1) is 10.3.